The van der Waals surface area contributed by atoms with Gasteiger partial charge in [0.15, 0.2) is 5.96 Å². The third-order valence-electron chi connectivity index (χ3n) is 4.38. The maximum absolute atomic E-state index is 6.05. The standard InChI is InChI=1S/C18H32N4O/c1-18(2,3)16-15(8-7-13-23-16)14-21-17(19-4)20-9-12-22-10-5-6-11-22/h5-6,10-11,15-16H,7-9,12-14H2,1-4H3,(H2,19,20,21). The van der Waals surface area contributed by atoms with Gasteiger partial charge >= 0.3 is 0 Å². The van der Waals surface area contributed by atoms with Crippen LogP contribution in [-0.4, -0.2) is 43.4 Å². The fourth-order valence-corrected chi connectivity index (χ4v) is 3.28. The van der Waals surface area contributed by atoms with E-state index in [1.54, 1.807) is 0 Å². The van der Waals surface area contributed by atoms with Crippen molar-refractivity contribution in [1.29, 1.82) is 0 Å². The minimum Gasteiger partial charge on any atom is -0.377 e. The molecule has 0 amide bonds. The molecule has 0 radical (unpaired) electrons. The number of aromatic nitrogens is 1. The lowest BCUT2D eigenvalue weighted by molar-refractivity contribution is -0.0835. The molecule has 1 aromatic rings. The lowest BCUT2D eigenvalue weighted by atomic mass is 9.78. The van der Waals surface area contributed by atoms with Gasteiger partial charge in [-0.25, -0.2) is 0 Å². The van der Waals surface area contributed by atoms with Gasteiger partial charge in [-0.15, -0.1) is 0 Å². The second-order valence-corrected chi connectivity index (χ2v) is 7.36. The number of nitrogens with one attached hydrogen (secondary N) is 2. The van der Waals surface area contributed by atoms with Crippen molar-refractivity contribution in [3.05, 3.63) is 24.5 Å². The van der Waals surface area contributed by atoms with Gasteiger partial charge in [0.05, 0.1) is 6.10 Å². The van der Waals surface area contributed by atoms with Gasteiger partial charge in [-0.3, -0.25) is 4.99 Å². The number of nitrogens with zero attached hydrogens (tertiary/aromatic N) is 2. The SMILES string of the molecule is CN=C(NCCn1cccc1)NCC1CCCOC1C(C)(C)C. The highest BCUT2D eigenvalue weighted by atomic mass is 16.5. The van der Waals surface area contributed by atoms with Crippen molar-refractivity contribution >= 4 is 5.96 Å². The number of rotatable bonds is 5. The van der Waals surface area contributed by atoms with Gasteiger partial charge in [0, 0.05) is 51.6 Å². The molecule has 0 aromatic carbocycles. The van der Waals surface area contributed by atoms with Crippen molar-refractivity contribution in [2.75, 3.05) is 26.7 Å². The summed E-state index contributed by atoms with van der Waals surface area (Å²) in [6.07, 6.45) is 6.83. The molecule has 2 unspecified atom stereocenters. The Kier molecular flexibility index (Phi) is 6.51. The summed E-state index contributed by atoms with van der Waals surface area (Å²) >= 11 is 0. The molecule has 5 heteroatoms. The predicted molar refractivity (Wildman–Crippen MR) is 95.7 cm³/mol. The van der Waals surface area contributed by atoms with Crippen LogP contribution >= 0.6 is 0 Å². The van der Waals surface area contributed by atoms with Gasteiger partial charge < -0.3 is 19.9 Å². The first-order chi connectivity index (χ1) is 11.0. The number of ether oxygens (including phenoxy) is 1. The van der Waals surface area contributed by atoms with Crippen LogP contribution in [0.3, 0.4) is 0 Å². The highest BCUT2D eigenvalue weighted by molar-refractivity contribution is 5.79. The molecule has 1 saturated heterocycles. The van der Waals surface area contributed by atoms with Crippen LogP contribution in [0, 0.1) is 11.3 Å². The van der Waals surface area contributed by atoms with Gasteiger partial charge in [0.25, 0.3) is 0 Å². The Hall–Kier alpha value is -1.49. The van der Waals surface area contributed by atoms with Crippen LogP contribution in [0.15, 0.2) is 29.5 Å². The maximum atomic E-state index is 6.05. The smallest absolute Gasteiger partial charge is 0.191 e. The lowest BCUT2D eigenvalue weighted by Crippen LogP contribution is -2.47. The van der Waals surface area contributed by atoms with E-state index in [1.807, 2.05) is 19.2 Å². The molecule has 1 fully saturated rings. The molecule has 1 aliphatic rings. The summed E-state index contributed by atoms with van der Waals surface area (Å²) in [6, 6.07) is 4.09. The average molecular weight is 320 g/mol. The Morgan fingerprint density at radius 3 is 2.65 bits per heavy atom. The largest absolute Gasteiger partial charge is 0.377 e. The Labute approximate surface area is 140 Å². The molecule has 0 saturated carbocycles. The Morgan fingerprint density at radius 1 is 1.26 bits per heavy atom. The van der Waals surface area contributed by atoms with Gasteiger partial charge in [0.2, 0.25) is 0 Å². The van der Waals surface area contributed by atoms with Gasteiger partial charge in [-0.2, -0.15) is 0 Å². The molecule has 0 spiro atoms. The van der Waals surface area contributed by atoms with Crippen molar-refractivity contribution in [2.24, 2.45) is 16.3 Å². The van der Waals surface area contributed by atoms with Crippen molar-refractivity contribution in [2.45, 2.75) is 46.3 Å². The highest BCUT2D eigenvalue weighted by Crippen LogP contribution is 2.33. The van der Waals surface area contributed by atoms with Crippen LogP contribution in [0.4, 0.5) is 0 Å². The zero-order valence-corrected chi connectivity index (χ0v) is 15.0. The predicted octanol–water partition coefficient (Wildman–Crippen LogP) is 2.49. The molecule has 130 valence electrons. The highest BCUT2D eigenvalue weighted by Gasteiger charge is 2.35. The monoisotopic (exact) mass is 320 g/mol. The molecule has 2 atom stereocenters. The van der Waals surface area contributed by atoms with Crippen molar-refractivity contribution in [3.8, 4) is 0 Å². The van der Waals surface area contributed by atoms with Crippen molar-refractivity contribution in [1.82, 2.24) is 15.2 Å². The van der Waals surface area contributed by atoms with Crippen LogP contribution in [0.1, 0.15) is 33.6 Å². The number of hydrogen-bond donors (Lipinski definition) is 2. The maximum Gasteiger partial charge on any atom is 0.191 e. The molecule has 1 aliphatic heterocycles. The van der Waals surface area contributed by atoms with E-state index in [2.05, 4.69) is 53.4 Å². The fourth-order valence-electron chi connectivity index (χ4n) is 3.28. The first-order valence-corrected chi connectivity index (χ1v) is 8.67. The number of hydrogen-bond acceptors (Lipinski definition) is 2. The molecule has 5 nitrogen and oxygen atoms in total. The van der Waals surface area contributed by atoms with E-state index >= 15 is 0 Å². The number of guanidine groups is 1. The van der Waals surface area contributed by atoms with E-state index in [4.69, 9.17) is 4.74 Å². The van der Waals surface area contributed by atoms with E-state index < -0.39 is 0 Å². The summed E-state index contributed by atoms with van der Waals surface area (Å²) in [5.41, 5.74) is 0.179. The first-order valence-electron chi connectivity index (χ1n) is 8.67. The Bertz CT molecular complexity index is 476. The summed E-state index contributed by atoms with van der Waals surface area (Å²) < 4.78 is 8.21. The zero-order chi connectivity index (χ0) is 16.7. The third kappa shape index (κ3) is 5.57. The van der Waals surface area contributed by atoms with E-state index in [-0.39, 0.29) is 5.41 Å². The van der Waals surface area contributed by atoms with Gasteiger partial charge in [0.1, 0.15) is 0 Å². The van der Waals surface area contributed by atoms with Crippen LogP contribution in [0.2, 0.25) is 0 Å². The zero-order valence-electron chi connectivity index (χ0n) is 15.0. The molecular formula is C18H32N4O. The van der Waals surface area contributed by atoms with Gasteiger partial charge in [-0.1, -0.05) is 20.8 Å². The number of aliphatic imine (C=N–C) groups is 1. The van der Waals surface area contributed by atoms with E-state index in [0.29, 0.717) is 12.0 Å². The summed E-state index contributed by atoms with van der Waals surface area (Å²) in [5, 5.41) is 6.85. The summed E-state index contributed by atoms with van der Waals surface area (Å²) in [4.78, 5) is 4.32. The minimum atomic E-state index is 0.179. The quantitative estimate of drug-likeness (QED) is 0.647. The summed E-state index contributed by atoms with van der Waals surface area (Å²) in [7, 11) is 1.82. The Balaban J connectivity index is 1.77. The lowest BCUT2D eigenvalue weighted by Gasteiger charge is -2.40. The second kappa shape index (κ2) is 8.39. The average Bonchev–Trinajstić information content (AvgIpc) is 3.03. The molecule has 2 N–H and O–H groups in total. The third-order valence-corrected chi connectivity index (χ3v) is 4.38. The van der Waals surface area contributed by atoms with E-state index in [9.17, 15) is 0 Å². The molecular weight excluding hydrogens is 288 g/mol. The first kappa shape index (κ1) is 17.9. The molecule has 2 rings (SSSR count). The second-order valence-electron chi connectivity index (χ2n) is 7.36. The topological polar surface area (TPSA) is 50.6 Å². The molecule has 0 aliphatic carbocycles. The van der Waals surface area contributed by atoms with E-state index in [1.165, 1.54) is 6.42 Å². The van der Waals surface area contributed by atoms with Gasteiger partial charge in [-0.05, 0) is 30.4 Å². The van der Waals surface area contributed by atoms with Crippen LogP contribution in [-0.2, 0) is 11.3 Å². The fraction of sp³-hybridized carbons (Fsp3) is 0.722. The van der Waals surface area contributed by atoms with Crippen LogP contribution in [0.5, 0.6) is 0 Å². The molecule has 0 bridgehead atoms. The van der Waals surface area contributed by atoms with Crippen molar-refractivity contribution in [3.63, 3.8) is 0 Å². The van der Waals surface area contributed by atoms with E-state index in [0.717, 1.165) is 38.6 Å². The van der Waals surface area contributed by atoms with Crippen LogP contribution in [0.25, 0.3) is 0 Å². The van der Waals surface area contributed by atoms with Crippen LogP contribution < -0.4 is 10.6 Å². The molecule has 2 heterocycles. The molecule has 23 heavy (non-hydrogen) atoms. The summed E-state index contributed by atoms with van der Waals surface area (Å²) in [5.74, 6) is 1.40. The summed E-state index contributed by atoms with van der Waals surface area (Å²) in [6.45, 7) is 10.4. The minimum absolute atomic E-state index is 0.179. The normalized spacial score (nSPS) is 22.9. The van der Waals surface area contributed by atoms with Crippen molar-refractivity contribution < 1.29 is 4.74 Å². The molecule has 1 aromatic heterocycles. The Morgan fingerprint density at radius 2 is 2.00 bits per heavy atom.